The van der Waals surface area contributed by atoms with E-state index < -0.39 is 30.6 Å². The third-order valence-electron chi connectivity index (χ3n) is 4.30. The monoisotopic (exact) mass is 494 g/mol. The number of rotatable bonds is 24. The van der Waals surface area contributed by atoms with Gasteiger partial charge in [0, 0.05) is 36.0 Å². The van der Waals surface area contributed by atoms with Gasteiger partial charge < -0.3 is 39.4 Å². The molecule has 0 aromatic carbocycles. The Morgan fingerprint density at radius 3 is 1.44 bits per heavy atom. The molecule has 0 heterocycles. The summed E-state index contributed by atoms with van der Waals surface area (Å²) >= 11 is 0. The van der Waals surface area contributed by atoms with Gasteiger partial charge in [0.2, 0.25) is 0 Å². The van der Waals surface area contributed by atoms with Crippen LogP contribution in [0, 0.1) is 0 Å². The highest BCUT2D eigenvalue weighted by Crippen LogP contribution is 2.07. The van der Waals surface area contributed by atoms with Crippen molar-refractivity contribution in [1.82, 2.24) is 10.6 Å². The molecule has 4 atom stereocenters. The number of aliphatic hydroxyl groups is 4. The van der Waals surface area contributed by atoms with Gasteiger partial charge in [0.1, 0.15) is 18.3 Å². The minimum absolute atomic E-state index is 0.248. The summed E-state index contributed by atoms with van der Waals surface area (Å²) in [6.07, 6.45) is -6.61. The zero-order valence-electron chi connectivity index (χ0n) is 19.5. The Labute approximate surface area is 198 Å². The predicted molar refractivity (Wildman–Crippen MR) is 121 cm³/mol. The summed E-state index contributed by atoms with van der Waals surface area (Å²) in [6, 6.07) is 0. The molecule has 0 saturated heterocycles. The van der Waals surface area contributed by atoms with E-state index in [9.17, 15) is 20.4 Å². The van der Waals surface area contributed by atoms with Gasteiger partial charge in [-0.25, -0.2) is 0 Å². The normalized spacial score (nSPS) is 15.6. The highest BCUT2D eigenvalue weighted by Gasteiger charge is 2.33. The summed E-state index contributed by atoms with van der Waals surface area (Å²) in [5.74, 6) is 0. The number of nitrogens with zero attached hydrogens (tertiary/aromatic N) is 6. The molecule has 0 aliphatic rings. The van der Waals surface area contributed by atoms with Crippen molar-refractivity contribution in [2.45, 2.75) is 37.5 Å². The van der Waals surface area contributed by atoms with Crippen LogP contribution in [0.15, 0.2) is 10.2 Å². The molecule has 6 N–H and O–H groups in total. The molecule has 0 bridgehead atoms. The van der Waals surface area contributed by atoms with Gasteiger partial charge in [-0.3, -0.25) is 10.6 Å². The van der Waals surface area contributed by atoms with Crippen LogP contribution in [-0.4, -0.2) is 130 Å². The first-order chi connectivity index (χ1) is 16.5. The van der Waals surface area contributed by atoms with E-state index in [1.807, 2.05) is 0 Å². The molecule has 0 aromatic rings. The molecule has 16 nitrogen and oxygen atoms in total. The maximum absolute atomic E-state index is 10.4. The Bertz CT molecular complexity index is 542. The molecular weight excluding hydrogens is 456 g/mol. The molecule has 16 heteroatoms. The molecule has 0 unspecified atom stereocenters. The zero-order valence-corrected chi connectivity index (χ0v) is 19.5. The molecule has 0 fully saturated rings. The lowest BCUT2D eigenvalue weighted by Gasteiger charge is -2.31. The fraction of sp³-hybridized carbons (Fsp3) is 1.00. The van der Waals surface area contributed by atoms with Crippen molar-refractivity contribution in [2.24, 2.45) is 10.2 Å². The van der Waals surface area contributed by atoms with Gasteiger partial charge in [0.05, 0.1) is 65.1 Å². The predicted octanol–water partition coefficient (Wildman–Crippen LogP) is -1.36. The Kier molecular flexibility index (Phi) is 21.8. The van der Waals surface area contributed by atoms with Gasteiger partial charge in [0.25, 0.3) is 0 Å². The summed E-state index contributed by atoms with van der Waals surface area (Å²) in [6.45, 7) is 4.89. The van der Waals surface area contributed by atoms with Gasteiger partial charge in [0.15, 0.2) is 0 Å². The van der Waals surface area contributed by atoms with Crippen molar-refractivity contribution < 1.29 is 39.4 Å². The molecule has 0 spiro atoms. The lowest BCUT2D eigenvalue weighted by atomic mass is 10.0. The average molecular weight is 495 g/mol. The summed E-state index contributed by atoms with van der Waals surface area (Å²) in [7, 11) is 0. The third kappa shape index (κ3) is 17.7. The van der Waals surface area contributed by atoms with Crippen LogP contribution in [0.4, 0.5) is 0 Å². The van der Waals surface area contributed by atoms with Crippen molar-refractivity contribution in [1.29, 1.82) is 0 Å². The van der Waals surface area contributed by atoms with E-state index in [0.29, 0.717) is 52.7 Å². The lowest BCUT2D eigenvalue weighted by Crippen LogP contribution is -2.59. The third-order valence-corrected chi connectivity index (χ3v) is 4.30. The van der Waals surface area contributed by atoms with Crippen molar-refractivity contribution in [3.8, 4) is 0 Å². The van der Waals surface area contributed by atoms with Gasteiger partial charge >= 0.3 is 0 Å². The molecule has 34 heavy (non-hydrogen) atoms. The summed E-state index contributed by atoms with van der Waals surface area (Å²) in [4.78, 5) is 5.23. The molecular formula is C18H38N8O8. The van der Waals surface area contributed by atoms with E-state index in [1.165, 1.54) is 6.92 Å². The van der Waals surface area contributed by atoms with Crippen molar-refractivity contribution in [3.63, 3.8) is 0 Å². The minimum Gasteiger partial charge on any atom is -0.391 e. The van der Waals surface area contributed by atoms with Gasteiger partial charge in [-0.05, 0) is 18.0 Å². The van der Waals surface area contributed by atoms with Crippen LogP contribution < -0.4 is 10.6 Å². The highest BCUT2D eigenvalue weighted by atomic mass is 16.5. The van der Waals surface area contributed by atoms with Crippen LogP contribution in [0.25, 0.3) is 20.9 Å². The van der Waals surface area contributed by atoms with E-state index in [0.717, 1.165) is 0 Å². The first-order valence-electron chi connectivity index (χ1n) is 11.0. The van der Waals surface area contributed by atoms with E-state index >= 15 is 0 Å². The van der Waals surface area contributed by atoms with Crippen LogP contribution in [0.1, 0.15) is 6.92 Å². The zero-order chi connectivity index (χ0) is 25.4. The molecule has 0 radical (unpaired) electrons. The Balaban J connectivity index is 4.25. The Morgan fingerprint density at radius 2 is 1.06 bits per heavy atom. The van der Waals surface area contributed by atoms with E-state index in [1.54, 1.807) is 0 Å². The number of azide groups is 2. The van der Waals surface area contributed by atoms with E-state index in [4.69, 9.17) is 30.0 Å². The highest BCUT2D eigenvalue weighted by molar-refractivity contribution is 4.86. The first kappa shape index (κ1) is 32.2. The smallest absolute Gasteiger partial charge is 0.111 e. The summed E-state index contributed by atoms with van der Waals surface area (Å²) < 4.78 is 21.2. The second-order valence-electron chi connectivity index (χ2n) is 6.96. The maximum Gasteiger partial charge on any atom is 0.111 e. The van der Waals surface area contributed by atoms with E-state index in [2.05, 4.69) is 30.7 Å². The fourth-order valence-electron chi connectivity index (χ4n) is 2.52. The quantitative estimate of drug-likeness (QED) is 0.0303. The average Bonchev–Trinajstić information content (AvgIpc) is 2.83. The van der Waals surface area contributed by atoms with Crippen LogP contribution in [0.2, 0.25) is 0 Å². The molecule has 0 amide bonds. The molecule has 0 saturated carbocycles. The van der Waals surface area contributed by atoms with Crippen LogP contribution in [0.3, 0.4) is 0 Å². The summed E-state index contributed by atoms with van der Waals surface area (Å²) in [5, 5.41) is 52.6. The largest absolute Gasteiger partial charge is 0.391 e. The molecule has 0 aliphatic carbocycles. The second-order valence-corrected chi connectivity index (χ2v) is 6.96. The van der Waals surface area contributed by atoms with Crippen LogP contribution >= 0.6 is 0 Å². The SMILES string of the molecule is C[C@H](O)[C@@H](O)[C@@H](O)[C@H](O)C(NCCOCCOCCN=[N+]=[N-])NCCOCCOCCN=[N+]=[N-]. The van der Waals surface area contributed by atoms with E-state index in [-0.39, 0.29) is 26.3 Å². The number of nitrogens with one attached hydrogen (secondary N) is 2. The molecule has 198 valence electrons. The molecule has 0 rings (SSSR count). The number of hydrogen-bond acceptors (Lipinski definition) is 12. The van der Waals surface area contributed by atoms with Crippen LogP contribution in [0.5, 0.6) is 0 Å². The summed E-state index contributed by atoms with van der Waals surface area (Å²) in [5.41, 5.74) is 16.3. The Morgan fingerprint density at radius 1 is 0.647 bits per heavy atom. The van der Waals surface area contributed by atoms with Gasteiger partial charge in [-0.2, -0.15) is 0 Å². The van der Waals surface area contributed by atoms with Crippen molar-refractivity contribution in [2.75, 3.05) is 79.0 Å². The number of ether oxygens (including phenoxy) is 4. The number of hydrogen-bond donors (Lipinski definition) is 6. The number of aliphatic hydroxyl groups excluding tert-OH is 4. The minimum atomic E-state index is -1.60. The lowest BCUT2D eigenvalue weighted by molar-refractivity contribution is -0.112. The van der Waals surface area contributed by atoms with Crippen molar-refractivity contribution in [3.05, 3.63) is 20.9 Å². The van der Waals surface area contributed by atoms with Crippen molar-refractivity contribution >= 4 is 0 Å². The van der Waals surface area contributed by atoms with Crippen LogP contribution in [-0.2, 0) is 18.9 Å². The molecule has 0 aliphatic heterocycles. The molecule has 0 aromatic heterocycles. The Hall–Kier alpha value is -1.78. The topological polar surface area (TPSA) is 239 Å². The standard InChI is InChI=1S/C18H38N8O8/c1-14(27)15(28)16(29)17(30)18(21-2-6-31-10-12-33-8-4-23-25-19)22-3-7-32-11-13-34-9-5-24-26-20/h14-18,21-22,27-30H,2-13H2,1H3/t14-,15+,16+,17-/m0/s1. The fourth-order valence-corrected chi connectivity index (χ4v) is 2.52. The van der Waals surface area contributed by atoms with Gasteiger partial charge in [-0.1, -0.05) is 10.2 Å². The maximum atomic E-state index is 10.4. The first-order valence-corrected chi connectivity index (χ1v) is 11.0. The second kappa shape index (κ2) is 23.0. The van der Waals surface area contributed by atoms with Gasteiger partial charge in [-0.15, -0.1) is 0 Å².